The smallest absolute Gasteiger partial charge is 0.251 e. The normalized spacial score (nSPS) is 10.4. The van der Waals surface area contributed by atoms with Gasteiger partial charge >= 0.3 is 0 Å². The first-order chi connectivity index (χ1) is 9.83. The summed E-state index contributed by atoms with van der Waals surface area (Å²) in [6.45, 7) is 0.401. The fourth-order valence-corrected chi connectivity index (χ4v) is 2.64. The van der Waals surface area contributed by atoms with Crippen molar-refractivity contribution in [2.75, 3.05) is 0 Å². The SMILES string of the molecule is O=C(NCc1ccco1)c1ccc(-c2cccs2)cc1. The highest BCUT2D eigenvalue weighted by Gasteiger charge is 2.06. The molecule has 0 aliphatic rings. The molecular weight excluding hydrogens is 270 g/mol. The first-order valence-electron chi connectivity index (χ1n) is 6.27. The van der Waals surface area contributed by atoms with E-state index < -0.39 is 0 Å². The van der Waals surface area contributed by atoms with Gasteiger partial charge in [0.2, 0.25) is 0 Å². The first kappa shape index (κ1) is 12.7. The molecule has 2 aromatic heterocycles. The molecule has 3 rings (SSSR count). The van der Waals surface area contributed by atoms with Crippen LogP contribution < -0.4 is 5.32 Å². The number of benzene rings is 1. The Morgan fingerprint density at radius 1 is 1.10 bits per heavy atom. The Morgan fingerprint density at radius 3 is 2.60 bits per heavy atom. The van der Waals surface area contributed by atoms with Gasteiger partial charge in [0.05, 0.1) is 12.8 Å². The molecule has 1 N–H and O–H groups in total. The lowest BCUT2D eigenvalue weighted by Crippen LogP contribution is -2.22. The summed E-state index contributed by atoms with van der Waals surface area (Å²) in [6, 6.07) is 15.3. The quantitative estimate of drug-likeness (QED) is 0.788. The molecular formula is C16H13NO2S. The van der Waals surface area contributed by atoms with E-state index in [0.29, 0.717) is 12.1 Å². The van der Waals surface area contributed by atoms with Crippen molar-refractivity contribution in [3.8, 4) is 10.4 Å². The maximum Gasteiger partial charge on any atom is 0.251 e. The minimum absolute atomic E-state index is 0.0980. The zero-order valence-electron chi connectivity index (χ0n) is 10.7. The van der Waals surface area contributed by atoms with E-state index in [1.807, 2.05) is 41.8 Å². The highest BCUT2D eigenvalue weighted by molar-refractivity contribution is 7.13. The van der Waals surface area contributed by atoms with E-state index in [4.69, 9.17) is 4.42 Å². The molecule has 0 bridgehead atoms. The molecule has 0 unspecified atom stereocenters. The van der Waals surface area contributed by atoms with Crippen LogP contribution in [0, 0.1) is 0 Å². The van der Waals surface area contributed by atoms with Gasteiger partial charge in [0, 0.05) is 10.4 Å². The molecule has 0 fully saturated rings. The van der Waals surface area contributed by atoms with Crippen LogP contribution in [0.1, 0.15) is 16.1 Å². The van der Waals surface area contributed by atoms with Gasteiger partial charge in [-0.1, -0.05) is 18.2 Å². The molecule has 1 amide bonds. The van der Waals surface area contributed by atoms with E-state index in [9.17, 15) is 4.79 Å². The average molecular weight is 283 g/mol. The monoisotopic (exact) mass is 283 g/mol. The summed E-state index contributed by atoms with van der Waals surface area (Å²) in [5.41, 5.74) is 1.78. The van der Waals surface area contributed by atoms with E-state index in [1.165, 1.54) is 4.88 Å². The lowest BCUT2D eigenvalue weighted by molar-refractivity contribution is 0.0948. The third kappa shape index (κ3) is 2.81. The first-order valence-corrected chi connectivity index (χ1v) is 7.15. The number of nitrogens with one attached hydrogen (secondary N) is 1. The molecule has 4 heteroatoms. The number of rotatable bonds is 4. The molecule has 0 aliphatic heterocycles. The Kier molecular flexibility index (Phi) is 3.65. The standard InChI is InChI=1S/C16H13NO2S/c18-16(17-11-14-3-1-9-19-14)13-7-5-12(6-8-13)15-4-2-10-20-15/h1-10H,11H2,(H,17,18). The molecule has 0 spiro atoms. The van der Waals surface area contributed by atoms with Gasteiger partial charge < -0.3 is 9.73 Å². The Hall–Kier alpha value is -2.33. The van der Waals surface area contributed by atoms with E-state index in [0.717, 1.165) is 11.3 Å². The molecule has 3 nitrogen and oxygen atoms in total. The largest absolute Gasteiger partial charge is 0.467 e. The van der Waals surface area contributed by atoms with Gasteiger partial charge in [-0.25, -0.2) is 0 Å². The van der Waals surface area contributed by atoms with Crippen molar-refractivity contribution < 1.29 is 9.21 Å². The zero-order chi connectivity index (χ0) is 13.8. The summed E-state index contributed by atoms with van der Waals surface area (Å²) in [5.74, 6) is 0.646. The van der Waals surface area contributed by atoms with Crippen molar-refractivity contribution in [2.24, 2.45) is 0 Å². The van der Waals surface area contributed by atoms with Gasteiger partial charge in [-0.2, -0.15) is 0 Å². The lowest BCUT2D eigenvalue weighted by Gasteiger charge is -2.04. The minimum Gasteiger partial charge on any atom is -0.467 e. The molecule has 2 heterocycles. The highest BCUT2D eigenvalue weighted by Crippen LogP contribution is 2.24. The Bertz CT molecular complexity index is 670. The van der Waals surface area contributed by atoms with Crippen LogP contribution in [0.3, 0.4) is 0 Å². The number of thiophene rings is 1. The summed E-state index contributed by atoms with van der Waals surface area (Å²) in [7, 11) is 0. The molecule has 20 heavy (non-hydrogen) atoms. The number of carbonyl (C=O) groups is 1. The van der Waals surface area contributed by atoms with Gasteiger partial charge in [0.25, 0.3) is 5.91 Å². The van der Waals surface area contributed by atoms with Crippen LogP contribution >= 0.6 is 11.3 Å². The van der Waals surface area contributed by atoms with Gasteiger partial charge in [-0.05, 0) is 41.3 Å². The average Bonchev–Trinajstić information content (AvgIpc) is 3.18. The second kappa shape index (κ2) is 5.75. The van der Waals surface area contributed by atoms with Crippen molar-refractivity contribution in [1.82, 2.24) is 5.32 Å². The zero-order valence-corrected chi connectivity index (χ0v) is 11.5. The lowest BCUT2D eigenvalue weighted by atomic mass is 10.1. The maximum absolute atomic E-state index is 12.0. The van der Waals surface area contributed by atoms with Crippen molar-refractivity contribution in [3.05, 3.63) is 71.5 Å². The number of carbonyl (C=O) groups excluding carboxylic acids is 1. The molecule has 0 radical (unpaired) electrons. The van der Waals surface area contributed by atoms with Gasteiger partial charge in [0.15, 0.2) is 0 Å². The second-order valence-electron chi connectivity index (χ2n) is 4.32. The van der Waals surface area contributed by atoms with Crippen molar-refractivity contribution in [2.45, 2.75) is 6.54 Å². The minimum atomic E-state index is -0.0980. The Balaban J connectivity index is 1.66. The van der Waals surface area contributed by atoms with Crippen molar-refractivity contribution >= 4 is 17.2 Å². The summed E-state index contributed by atoms with van der Waals surface area (Å²) in [6.07, 6.45) is 1.59. The number of amides is 1. The third-order valence-electron chi connectivity index (χ3n) is 2.96. The van der Waals surface area contributed by atoms with Crippen LogP contribution in [-0.2, 0) is 6.54 Å². The van der Waals surface area contributed by atoms with E-state index in [-0.39, 0.29) is 5.91 Å². The predicted molar refractivity (Wildman–Crippen MR) is 79.6 cm³/mol. The fourth-order valence-electron chi connectivity index (χ4n) is 1.91. The van der Waals surface area contributed by atoms with E-state index >= 15 is 0 Å². The van der Waals surface area contributed by atoms with Gasteiger partial charge in [0.1, 0.15) is 5.76 Å². The third-order valence-corrected chi connectivity index (χ3v) is 3.87. The summed E-state index contributed by atoms with van der Waals surface area (Å²) >= 11 is 1.69. The predicted octanol–water partition coefficient (Wildman–Crippen LogP) is 3.94. The molecule has 3 aromatic rings. The highest BCUT2D eigenvalue weighted by atomic mass is 32.1. The number of hydrogen-bond donors (Lipinski definition) is 1. The molecule has 0 saturated carbocycles. The van der Waals surface area contributed by atoms with E-state index in [1.54, 1.807) is 23.7 Å². The van der Waals surface area contributed by atoms with Crippen molar-refractivity contribution in [1.29, 1.82) is 0 Å². The number of hydrogen-bond acceptors (Lipinski definition) is 3. The topological polar surface area (TPSA) is 42.2 Å². The summed E-state index contributed by atoms with van der Waals surface area (Å²) in [4.78, 5) is 13.2. The van der Waals surface area contributed by atoms with Crippen LogP contribution in [0.15, 0.2) is 64.6 Å². The summed E-state index contributed by atoms with van der Waals surface area (Å²) in [5, 5.41) is 4.87. The molecule has 100 valence electrons. The molecule has 0 atom stereocenters. The van der Waals surface area contributed by atoms with Crippen LogP contribution in [0.4, 0.5) is 0 Å². The Labute approximate surface area is 120 Å². The van der Waals surface area contributed by atoms with Crippen molar-refractivity contribution in [3.63, 3.8) is 0 Å². The second-order valence-corrected chi connectivity index (χ2v) is 5.26. The molecule has 0 aliphatic carbocycles. The summed E-state index contributed by atoms with van der Waals surface area (Å²) < 4.78 is 5.17. The molecule has 1 aromatic carbocycles. The maximum atomic E-state index is 12.0. The number of furan rings is 1. The molecule has 0 saturated heterocycles. The van der Waals surface area contributed by atoms with Crippen LogP contribution in [-0.4, -0.2) is 5.91 Å². The Morgan fingerprint density at radius 2 is 1.95 bits per heavy atom. The van der Waals surface area contributed by atoms with Crippen LogP contribution in [0.25, 0.3) is 10.4 Å². The fraction of sp³-hybridized carbons (Fsp3) is 0.0625. The van der Waals surface area contributed by atoms with Gasteiger partial charge in [-0.3, -0.25) is 4.79 Å². The van der Waals surface area contributed by atoms with E-state index in [2.05, 4.69) is 11.4 Å². The van der Waals surface area contributed by atoms with Crippen LogP contribution in [0.5, 0.6) is 0 Å². The van der Waals surface area contributed by atoms with Gasteiger partial charge in [-0.15, -0.1) is 11.3 Å². The van der Waals surface area contributed by atoms with Crippen LogP contribution in [0.2, 0.25) is 0 Å².